The van der Waals surface area contributed by atoms with E-state index in [0.717, 1.165) is 50.6 Å². The predicted molar refractivity (Wildman–Crippen MR) is 105 cm³/mol. The van der Waals surface area contributed by atoms with E-state index in [-0.39, 0.29) is 18.5 Å². The topological polar surface area (TPSA) is 85.9 Å². The van der Waals surface area contributed by atoms with Gasteiger partial charge in [0, 0.05) is 43.6 Å². The van der Waals surface area contributed by atoms with Gasteiger partial charge >= 0.3 is 12.0 Å². The molecule has 1 aromatic rings. The molecule has 2 aliphatic heterocycles. The Bertz CT molecular complexity index is 623. The monoisotopic (exact) mass is 375 g/mol. The van der Waals surface area contributed by atoms with Gasteiger partial charge in [-0.05, 0) is 50.2 Å². The molecule has 0 saturated carbocycles. The van der Waals surface area contributed by atoms with E-state index in [2.05, 4.69) is 25.6 Å². The molecule has 0 bridgehead atoms. The first kappa shape index (κ1) is 19.4. The lowest BCUT2D eigenvalue weighted by Gasteiger charge is -2.40. The number of anilines is 2. The Balaban J connectivity index is 1.43. The minimum Gasteiger partial charge on any atom is -0.468 e. The Morgan fingerprint density at radius 2 is 1.70 bits per heavy atom. The number of hydrogen-bond acceptors (Lipinski definition) is 6. The third-order valence-electron chi connectivity index (χ3n) is 5.23. The van der Waals surface area contributed by atoms with Gasteiger partial charge in [0.2, 0.25) is 0 Å². The van der Waals surface area contributed by atoms with E-state index in [4.69, 9.17) is 0 Å². The summed E-state index contributed by atoms with van der Waals surface area (Å²) in [7, 11) is 1.36. The van der Waals surface area contributed by atoms with Crippen molar-refractivity contribution < 1.29 is 14.3 Å². The van der Waals surface area contributed by atoms with Crippen molar-refractivity contribution in [1.29, 1.82) is 0 Å². The minimum absolute atomic E-state index is 0.0600. The van der Waals surface area contributed by atoms with E-state index in [9.17, 15) is 9.59 Å². The van der Waals surface area contributed by atoms with Crippen LogP contribution in [0.5, 0.6) is 0 Å². The van der Waals surface area contributed by atoms with E-state index < -0.39 is 0 Å². The summed E-state index contributed by atoms with van der Waals surface area (Å²) < 4.78 is 4.59. The smallest absolute Gasteiger partial charge is 0.325 e. The van der Waals surface area contributed by atoms with Crippen molar-refractivity contribution in [3.05, 3.63) is 24.3 Å². The fourth-order valence-corrected chi connectivity index (χ4v) is 3.58. The normalized spacial score (nSPS) is 18.8. The number of benzene rings is 1. The molecule has 27 heavy (non-hydrogen) atoms. The van der Waals surface area contributed by atoms with Gasteiger partial charge in [-0.3, -0.25) is 9.69 Å². The number of urea groups is 1. The van der Waals surface area contributed by atoms with Gasteiger partial charge in [0.1, 0.15) is 6.54 Å². The van der Waals surface area contributed by atoms with Crippen LogP contribution in [0, 0.1) is 0 Å². The van der Waals surface area contributed by atoms with E-state index in [0.29, 0.717) is 6.04 Å². The van der Waals surface area contributed by atoms with Gasteiger partial charge in [-0.1, -0.05) is 0 Å². The van der Waals surface area contributed by atoms with Crippen molar-refractivity contribution >= 4 is 23.4 Å². The third kappa shape index (κ3) is 5.58. The molecule has 3 N–H and O–H groups in total. The first-order valence-electron chi connectivity index (χ1n) is 9.57. The summed E-state index contributed by atoms with van der Waals surface area (Å²) in [6.45, 7) is 5.70. The summed E-state index contributed by atoms with van der Waals surface area (Å²) >= 11 is 0. The number of carbonyl (C=O) groups is 2. The summed E-state index contributed by atoms with van der Waals surface area (Å²) in [6, 6.07) is 7.89. The zero-order valence-electron chi connectivity index (χ0n) is 15.9. The van der Waals surface area contributed by atoms with Crippen LogP contribution in [0.25, 0.3) is 0 Å². The Kier molecular flexibility index (Phi) is 6.89. The second-order valence-corrected chi connectivity index (χ2v) is 6.94. The highest BCUT2D eigenvalue weighted by Crippen LogP contribution is 2.17. The molecule has 3 rings (SSSR count). The van der Waals surface area contributed by atoms with Crippen LogP contribution in [0.4, 0.5) is 16.2 Å². The molecule has 2 heterocycles. The van der Waals surface area contributed by atoms with Crippen molar-refractivity contribution in [1.82, 2.24) is 15.1 Å². The second-order valence-electron chi connectivity index (χ2n) is 6.94. The zero-order valence-corrected chi connectivity index (χ0v) is 15.9. The Morgan fingerprint density at radius 1 is 1.07 bits per heavy atom. The molecule has 0 atom stereocenters. The molecular weight excluding hydrogens is 346 g/mol. The maximum Gasteiger partial charge on any atom is 0.325 e. The Labute approximate surface area is 160 Å². The molecule has 1 aromatic carbocycles. The highest BCUT2D eigenvalue weighted by atomic mass is 16.5. The van der Waals surface area contributed by atoms with Crippen molar-refractivity contribution in [2.24, 2.45) is 0 Å². The number of amides is 2. The van der Waals surface area contributed by atoms with Gasteiger partial charge in [-0.25, -0.2) is 4.79 Å². The predicted octanol–water partition coefficient (Wildman–Crippen LogP) is 1.17. The quantitative estimate of drug-likeness (QED) is 0.670. The molecule has 0 spiro atoms. The molecule has 2 fully saturated rings. The van der Waals surface area contributed by atoms with Crippen LogP contribution < -0.4 is 16.0 Å². The summed E-state index contributed by atoms with van der Waals surface area (Å²) in [4.78, 5) is 28.0. The van der Waals surface area contributed by atoms with Crippen LogP contribution >= 0.6 is 0 Å². The third-order valence-corrected chi connectivity index (χ3v) is 5.23. The van der Waals surface area contributed by atoms with Crippen molar-refractivity contribution in [3.63, 3.8) is 0 Å². The van der Waals surface area contributed by atoms with E-state index in [1.165, 1.54) is 20.0 Å². The highest BCUT2D eigenvalue weighted by Gasteiger charge is 2.26. The molecule has 2 saturated heterocycles. The second kappa shape index (κ2) is 9.57. The SMILES string of the molecule is COC(=O)CNc1ccc(NC(=O)N2CCN(C3CCNCC3)CC2)cc1. The van der Waals surface area contributed by atoms with Crippen LogP contribution in [0.15, 0.2) is 24.3 Å². The lowest BCUT2D eigenvalue weighted by molar-refractivity contribution is -0.138. The standard InChI is InChI=1S/C19H29N5O3/c1-27-18(25)14-21-15-2-4-16(5-3-15)22-19(26)24-12-10-23(11-13-24)17-6-8-20-9-7-17/h2-5,17,20-21H,6-14H2,1H3,(H,22,26). The largest absolute Gasteiger partial charge is 0.468 e. The maximum absolute atomic E-state index is 12.5. The summed E-state index contributed by atoms with van der Waals surface area (Å²) in [5.41, 5.74) is 1.54. The number of nitrogens with one attached hydrogen (secondary N) is 3. The molecule has 0 unspecified atom stereocenters. The minimum atomic E-state index is -0.323. The molecule has 0 radical (unpaired) electrons. The first-order chi connectivity index (χ1) is 13.2. The first-order valence-corrected chi connectivity index (χ1v) is 9.57. The van der Waals surface area contributed by atoms with Crippen molar-refractivity contribution in [2.75, 3.05) is 63.6 Å². The number of piperidine rings is 1. The van der Waals surface area contributed by atoms with Gasteiger partial charge in [0.15, 0.2) is 0 Å². The van der Waals surface area contributed by atoms with Gasteiger partial charge < -0.3 is 25.6 Å². The molecule has 8 nitrogen and oxygen atoms in total. The summed E-state index contributed by atoms with van der Waals surface area (Å²) in [5.74, 6) is -0.323. The van der Waals surface area contributed by atoms with Gasteiger partial charge in [0.25, 0.3) is 0 Å². The van der Waals surface area contributed by atoms with E-state index in [1.54, 1.807) is 0 Å². The number of methoxy groups -OCH3 is 1. The average Bonchev–Trinajstić information content (AvgIpc) is 2.73. The highest BCUT2D eigenvalue weighted by molar-refractivity contribution is 5.89. The van der Waals surface area contributed by atoms with Gasteiger partial charge in [0.05, 0.1) is 7.11 Å². The van der Waals surface area contributed by atoms with E-state index in [1.807, 2.05) is 29.2 Å². The fraction of sp³-hybridized carbons (Fsp3) is 0.579. The van der Waals surface area contributed by atoms with Crippen LogP contribution in [0.3, 0.4) is 0 Å². The number of ether oxygens (including phenoxy) is 1. The molecule has 148 valence electrons. The average molecular weight is 375 g/mol. The number of piperazine rings is 1. The molecule has 2 amide bonds. The number of esters is 1. The Morgan fingerprint density at radius 3 is 2.33 bits per heavy atom. The fourth-order valence-electron chi connectivity index (χ4n) is 3.58. The lowest BCUT2D eigenvalue weighted by atomic mass is 10.0. The van der Waals surface area contributed by atoms with E-state index >= 15 is 0 Å². The number of rotatable bonds is 5. The summed E-state index contributed by atoms with van der Waals surface area (Å²) in [5, 5.41) is 9.32. The number of hydrogen-bond donors (Lipinski definition) is 3. The molecular formula is C19H29N5O3. The van der Waals surface area contributed by atoms with Crippen LogP contribution in [-0.2, 0) is 9.53 Å². The van der Waals surface area contributed by atoms with Crippen molar-refractivity contribution in [3.8, 4) is 0 Å². The lowest BCUT2D eigenvalue weighted by Crippen LogP contribution is -2.54. The van der Waals surface area contributed by atoms with Crippen LogP contribution in [0.1, 0.15) is 12.8 Å². The van der Waals surface area contributed by atoms with Gasteiger partial charge in [-0.2, -0.15) is 0 Å². The number of nitrogens with zero attached hydrogens (tertiary/aromatic N) is 2. The number of carbonyl (C=O) groups excluding carboxylic acids is 2. The zero-order chi connectivity index (χ0) is 19.1. The molecule has 2 aliphatic rings. The van der Waals surface area contributed by atoms with Crippen LogP contribution in [-0.4, -0.2) is 80.8 Å². The molecule has 0 aromatic heterocycles. The molecule has 0 aliphatic carbocycles. The van der Waals surface area contributed by atoms with Crippen molar-refractivity contribution in [2.45, 2.75) is 18.9 Å². The maximum atomic E-state index is 12.5. The van der Waals surface area contributed by atoms with Crippen LogP contribution in [0.2, 0.25) is 0 Å². The summed E-state index contributed by atoms with van der Waals surface area (Å²) in [6.07, 6.45) is 2.39. The van der Waals surface area contributed by atoms with Gasteiger partial charge in [-0.15, -0.1) is 0 Å². The molecule has 8 heteroatoms. The Hall–Kier alpha value is -2.32.